The minimum Gasteiger partial charge on any atom is -0.497 e. The van der Waals surface area contributed by atoms with Crippen molar-refractivity contribution in [1.29, 1.82) is 0 Å². The number of rotatable bonds is 10. The molecular formula is C33H51F3O3Si. The van der Waals surface area contributed by atoms with Gasteiger partial charge in [0.2, 0.25) is 0 Å². The van der Waals surface area contributed by atoms with Gasteiger partial charge in [-0.15, -0.1) is 6.58 Å². The van der Waals surface area contributed by atoms with E-state index in [0.717, 1.165) is 38.0 Å². The van der Waals surface area contributed by atoms with Gasteiger partial charge in [0, 0.05) is 6.61 Å². The Morgan fingerprint density at radius 1 is 1.18 bits per heavy atom. The topological polar surface area (TPSA) is 38.7 Å². The van der Waals surface area contributed by atoms with Crippen LogP contribution < -0.4 is 4.74 Å². The number of halogens is 3. The average Bonchev–Trinajstić information content (AvgIpc) is 3.29. The molecule has 226 valence electrons. The number of aliphatic hydroxyl groups excluding tert-OH is 1. The predicted octanol–water partition coefficient (Wildman–Crippen LogP) is 8.46. The third-order valence-electron chi connectivity index (χ3n) is 10.8. The van der Waals surface area contributed by atoms with Crippen LogP contribution in [0.3, 0.4) is 0 Å². The molecule has 4 rings (SSSR count). The molecule has 0 radical (unpaired) electrons. The molecule has 2 saturated carbocycles. The van der Waals surface area contributed by atoms with Gasteiger partial charge in [-0.2, -0.15) is 13.2 Å². The number of methoxy groups -OCH3 is 1. The van der Waals surface area contributed by atoms with Gasteiger partial charge in [0.25, 0.3) is 0 Å². The first-order valence-corrected chi connectivity index (χ1v) is 18.1. The van der Waals surface area contributed by atoms with Gasteiger partial charge in [-0.25, -0.2) is 0 Å². The van der Waals surface area contributed by atoms with Gasteiger partial charge >= 0.3 is 6.18 Å². The van der Waals surface area contributed by atoms with Crippen LogP contribution in [0.1, 0.15) is 89.2 Å². The van der Waals surface area contributed by atoms with Gasteiger partial charge in [-0.05, 0) is 121 Å². The van der Waals surface area contributed by atoms with Crippen molar-refractivity contribution < 1.29 is 27.4 Å². The largest absolute Gasteiger partial charge is 0.497 e. The van der Waals surface area contributed by atoms with Crippen LogP contribution in [0.2, 0.25) is 13.1 Å². The standard InChI is InChI=1S/C33H51F3O3Si/c1-8-31-18-17-22-19-24(38-5)13-14-25(22)29(31)23(11-9-10-12-28(37)33(34,35)36)20-32(21-39-40(6)7)26(30(2,3)4)15-16-27(31)32/h8,13-14,19,23,26-29,37,40H,1,9-12,15-18,20-21H2,2-7H3/t23-,26+,27-,28?,29+,31-,32-/m0/s1. The lowest BCUT2D eigenvalue weighted by molar-refractivity contribution is -0.205. The number of allylic oxidation sites excluding steroid dienone is 1. The molecule has 0 aliphatic heterocycles. The van der Waals surface area contributed by atoms with Crippen LogP contribution in [0.4, 0.5) is 13.2 Å². The number of ether oxygens (including phenoxy) is 1. The fraction of sp³-hybridized carbons (Fsp3) is 0.758. The normalized spacial score (nSPS) is 32.8. The van der Waals surface area contributed by atoms with E-state index >= 15 is 0 Å². The summed E-state index contributed by atoms with van der Waals surface area (Å²) in [5, 5.41) is 9.62. The van der Waals surface area contributed by atoms with Gasteiger partial charge in [-0.3, -0.25) is 0 Å². The zero-order valence-corrected chi connectivity index (χ0v) is 26.6. The number of hydrogen-bond donors (Lipinski definition) is 1. The molecule has 0 bridgehead atoms. The molecule has 3 aliphatic rings. The fourth-order valence-electron chi connectivity index (χ4n) is 9.38. The molecule has 40 heavy (non-hydrogen) atoms. The van der Waals surface area contributed by atoms with Crippen molar-refractivity contribution in [2.75, 3.05) is 13.7 Å². The average molecular weight is 581 g/mol. The molecule has 1 aromatic carbocycles. The van der Waals surface area contributed by atoms with Crippen LogP contribution in [-0.4, -0.2) is 40.1 Å². The summed E-state index contributed by atoms with van der Waals surface area (Å²) in [5.74, 6) is 2.45. The zero-order valence-electron chi connectivity index (χ0n) is 25.4. The summed E-state index contributed by atoms with van der Waals surface area (Å²) in [6, 6.07) is 6.50. The molecule has 0 spiro atoms. The molecule has 3 nitrogen and oxygen atoms in total. The molecular weight excluding hydrogens is 529 g/mol. The van der Waals surface area contributed by atoms with Crippen LogP contribution in [-0.2, 0) is 10.8 Å². The Morgan fingerprint density at radius 3 is 2.50 bits per heavy atom. The summed E-state index contributed by atoms with van der Waals surface area (Å²) in [5.41, 5.74) is 2.80. The Morgan fingerprint density at radius 2 is 1.90 bits per heavy atom. The number of benzene rings is 1. The van der Waals surface area contributed by atoms with Crippen molar-refractivity contribution in [2.24, 2.45) is 34.0 Å². The van der Waals surface area contributed by atoms with Crippen molar-refractivity contribution in [3.8, 4) is 5.75 Å². The summed E-state index contributed by atoms with van der Waals surface area (Å²) in [7, 11) is 0.440. The van der Waals surface area contributed by atoms with Crippen LogP contribution >= 0.6 is 0 Å². The zero-order chi connectivity index (χ0) is 29.5. The van der Waals surface area contributed by atoms with Crippen LogP contribution in [0.15, 0.2) is 30.9 Å². The van der Waals surface area contributed by atoms with E-state index in [1.54, 1.807) is 7.11 Å². The van der Waals surface area contributed by atoms with Gasteiger partial charge in [-0.1, -0.05) is 45.8 Å². The first-order valence-electron chi connectivity index (χ1n) is 15.4. The van der Waals surface area contributed by atoms with Crippen molar-refractivity contribution in [3.05, 3.63) is 42.0 Å². The molecule has 1 N–H and O–H groups in total. The number of alkyl halides is 3. The van der Waals surface area contributed by atoms with Crippen molar-refractivity contribution in [1.82, 2.24) is 0 Å². The SMILES string of the molecule is C=C[C@@]12CCc3cc(OC)ccc3[C@H]1[C@@H](CCCCC(O)C(F)(F)F)C[C@]1(CO[SiH](C)C)[C@@H](C(C)(C)C)CC[C@@H]21. The van der Waals surface area contributed by atoms with Gasteiger partial charge in [0.1, 0.15) is 11.9 Å². The quantitative estimate of drug-likeness (QED) is 0.171. The lowest BCUT2D eigenvalue weighted by atomic mass is 9.42. The minimum atomic E-state index is -4.55. The van der Waals surface area contributed by atoms with E-state index in [0.29, 0.717) is 30.6 Å². The predicted molar refractivity (Wildman–Crippen MR) is 158 cm³/mol. The lowest BCUT2D eigenvalue weighted by Crippen LogP contribution is -2.57. The number of hydrogen-bond acceptors (Lipinski definition) is 3. The van der Waals surface area contributed by atoms with Crippen LogP contribution in [0.5, 0.6) is 5.75 Å². The van der Waals surface area contributed by atoms with Crippen LogP contribution in [0.25, 0.3) is 0 Å². The first-order chi connectivity index (χ1) is 18.7. The molecule has 0 saturated heterocycles. The molecule has 2 fully saturated rings. The van der Waals surface area contributed by atoms with Gasteiger partial charge in [0.15, 0.2) is 9.04 Å². The maximum Gasteiger partial charge on any atom is 0.414 e. The number of aryl methyl sites for hydroxylation is 1. The van der Waals surface area contributed by atoms with E-state index in [4.69, 9.17) is 9.16 Å². The number of unbranched alkanes of at least 4 members (excludes halogenated alkanes) is 1. The Labute approximate surface area is 241 Å². The molecule has 7 atom stereocenters. The fourth-order valence-corrected chi connectivity index (χ4v) is 10.0. The Bertz CT molecular complexity index is 1030. The molecule has 3 aliphatic carbocycles. The van der Waals surface area contributed by atoms with Crippen LogP contribution in [0, 0.1) is 34.0 Å². The summed E-state index contributed by atoms with van der Waals surface area (Å²) in [6.45, 7) is 16.9. The summed E-state index contributed by atoms with van der Waals surface area (Å²) >= 11 is 0. The monoisotopic (exact) mass is 580 g/mol. The highest BCUT2D eigenvalue weighted by Gasteiger charge is 2.66. The Kier molecular flexibility index (Phi) is 9.29. The molecule has 0 heterocycles. The van der Waals surface area contributed by atoms with Crippen molar-refractivity contribution in [2.45, 2.75) is 110 Å². The summed E-state index contributed by atoms with van der Waals surface area (Å²) in [4.78, 5) is 0. The van der Waals surface area contributed by atoms with Crippen molar-refractivity contribution >= 4 is 9.04 Å². The second-order valence-electron chi connectivity index (χ2n) is 14.3. The minimum absolute atomic E-state index is 0.0281. The van der Waals surface area contributed by atoms with E-state index in [-0.39, 0.29) is 28.6 Å². The van der Waals surface area contributed by atoms with Gasteiger partial charge in [0.05, 0.1) is 7.11 Å². The Hall–Kier alpha value is -1.31. The van der Waals surface area contributed by atoms with Gasteiger partial charge < -0.3 is 14.3 Å². The van der Waals surface area contributed by atoms with E-state index in [9.17, 15) is 18.3 Å². The smallest absolute Gasteiger partial charge is 0.414 e. The summed E-state index contributed by atoms with van der Waals surface area (Å²) < 4.78 is 51.2. The van der Waals surface area contributed by atoms with E-state index in [1.165, 1.54) is 24.0 Å². The highest BCUT2D eigenvalue weighted by Crippen LogP contribution is 2.73. The second-order valence-corrected chi connectivity index (χ2v) is 16.7. The third kappa shape index (κ3) is 5.81. The Balaban J connectivity index is 1.76. The highest BCUT2D eigenvalue weighted by atomic mass is 28.3. The highest BCUT2D eigenvalue weighted by molar-refractivity contribution is 6.48. The molecule has 1 unspecified atom stereocenters. The number of aliphatic hydroxyl groups is 1. The molecule has 0 aromatic heterocycles. The number of fused-ring (bicyclic) bond motifs is 5. The van der Waals surface area contributed by atoms with Crippen molar-refractivity contribution in [3.63, 3.8) is 0 Å². The van der Waals surface area contributed by atoms with E-state index < -0.39 is 21.3 Å². The second kappa shape index (κ2) is 11.8. The lowest BCUT2D eigenvalue weighted by Gasteiger charge is -2.63. The van der Waals surface area contributed by atoms with E-state index in [2.05, 4.69) is 64.7 Å². The van der Waals surface area contributed by atoms with E-state index in [1.807, 2.05) is 0 Å². The molecule has 7 heteroatoms. The maximum atomic E-state index is 13.0. The molecule has 1 aromatic rings. The summed E-state index contributed by atoms with van der Waals surface area (Å²) in [6.07, 6.45) is 2.54. The third-order valence-corrected chi connectivity index (χ3v) is 11.6. The maximum absolute atomic E-state index is 13.0. The first kappa shape index (κ1) is 31.6. The molecule has 0 amide bonds.